The number of rotatable bonds is 0. The zero-order chi connectivity index (χ0) is 2.71. The Hall–Kier alpha value is 0.509. The fraction of sp³-hybridized carbons (Fsp3) is 0. The first kappa shape index (κ1) is 17.8. The van der Waals surface area contributed by atoms with Crippen LogP contribution in [0, 0.1) is 0 Å². The van der Waals surface area contributed by atoms with Crippen LogP contribution in [0.4, 0.5) is 0 Å². The van der Waals surface area contributed by atoms with E-state index in [-0.39, 0.29) is 34.1 Å². The van der Waals surface area contributed by atoms with Crippen LogP contribution >= 0.6 is 0 Å². The van der Waals surface area contributed by atoms with E-state index in [4.69, 9.17) is 9.90 Å². The normalized spacial score (nSPS) is 2.40. The fourth-order valence-corrected chi connectivity index (χ4v) is 0. The van der Waals surface area contributed by atoms with Crippen molar-refractivity contribution in [3.63, 3.8) is 0 Å². The summed E-state index contributed by atoms with van der Waals surface area (Å²) in [4.78, 5) is 8.24. The molecule has 0 saturated heterocycles. The van der Waals surface area contributed by atoms with Crippen LogP contribution in [0.3, 0.4) is 0 Å². The van der Waals surface area contributed by atoms with E-state index in [0.717, 1.165) is 0 Å². The quantitative estimate of drug-likeness (QED) is 0.382. The van der Waals surface area contributed by atoms with Gasteiger partial charge in [0.1, 0.15) is 0 Å². The molecule has 0 aromatic heterocycles. The monoisotopic (exact) mass is 155 g/mol. The van der Waals surface area contributed by atoms with Crippen molar-refractivity contribution < 1.29 is 44.0 Å². The van der Waals surface area contributed by atoms with Crippen molar-refractivity contribution in [2.24, 2.45) is 0 Å². The summed E-state index contributed by atoms with van der Waals surface area (Å²) in [6.07, 6.45) is 0. The maximum Gasteiger partial charge on any atom is 0 e. The van der Waals surface area contributed by atoms with Crippen molar-refractivity contribution in [2.75, 3.05) is 0 Å². The maximum atomic E-state index is 8.24. The molecule has 0 atom stereocenters. The Labute approximate surface area is 50.9 Å². The Bertz CT molecular complexity index is 15.1. The summed E-state index contributed by atoms with van der Waals surface area (Å²) in [5.41, 5.74) is 0. The molecule has 2 nitrogen and oxygen atoms in total. The molecule has 0 fully saturated rings. The van der Waals surface area contributed by atoms with Gasteiger partial charge in [-0.3, -0.25) is 0 Å². The van der Waals surface area contributed by atoms with E-state index in [1.807, 2.05) is 0 Å². The summed E-state index contributed by atoms with van der Waals surface area (Å²) < 4.78 is 0. The van der Waals surface area contributed by atoms with Gasteiger partial charge in [0.25, 0.3) is 0 Å². The van der Waals surface area contributed by atoms with Gasteiger partial charge < -0.3 is 9.90 Å². The largest absolute Gasteiger partial charge is 0.665 e. The number of hydrogen-bond acceptors (Lipinski definition) is 1. The Morgan fingerprint density at radius 1 is 1.40 bits per heavy atom. The minimum atomic E-state index is 0. The molecule has 0 unspecified atom stereocenters. The Balaban J connectivity index is -0.0000000200. The van der Waals surface area contributed by atoms with Crippen LogP contribution in [0.1, 0.15) is 0 Å². The van der Waals surface area contributed by atoms with E-state index in [1.165, 1.54) is 0 Å². The molecule has 0 saturated carbocycles. The Morgan fingerprint density at radius 2 is 1.40 bits per heavy atom. The van der Waals surface area contributed by atoms with Gasteiger partial charge in [0.2, 0.25) is 0 Å². The first-order valence-electron chi connectivity index (χ1n) is 0.428. The smallest absolute Gasteiger partial charge is 0 e. The molecule has 32 valence electrons. The van der Waals surface area contributed by atoms with Gasteiger partial charge in [0, 0.05) is 34.1 Å². The molecule has 5 heavy (non-hydrogen) atoms. The van der Waals surface area contributed by atoms with Gasteiger partial charge in [-0.15, -0.1) is 0 Å². The van der Waals surface area contributed by atoms with Gasteiger partial charge in [0.05, 0.1) is 0 Å². The van der Waals surface area contributed by atoms with Gasteiger partial charge in [-0.1, -0.05) is 6.47 Å². The standard InChI is InChI=1S/CHO2.2Mn/c2-1-3;;/h(H,2,3);;/q-1;;. The van der Waals surface area contributed by atoms with Gasteiger partial charge in [-0.05, 0) is 0 Å². The summed E-state index contributed by atoms with van der Waals surface area (Å²) in [5, 5.41) is 6.76. The minimum absolute atomic E-state index is 0. The van der Waals surface area contributed by atoms with Crippen LogP contribution in [0.25, 0.3) is 0 Å². The topological polar surface area (TPSA) is 37.3 Å². The van der Waals surface area contributed by atoms with Crippen LogP contribution in [0.15, 0.2) is 0 Å². The zero-order valence-corrected chi connectivity index (χ0v) is 4.47. The first-order chi connectivity index (χ1) is 1.41. The van der Waals surface area contributed by atoms with Gasteiger partial charge in [0.15, 0.2) is 0 Å². The molecule has 1 N–H and O–H groups in total. The summed E-state index contributed by atoms with van der Waals surface area (Å²) in [6, 6.07) is 0. The van der Waals surface area contributed by atoms with Gasteiger partial charge >= 0.3 is 0 Å². The summed E-state index contributed by atoms with van der Waals surface area (Å²) >= 11 is 0. The van der Waals surface area contributed by atoms with Crippen molar-refractivity contribution in [3.05, 3.63) is 0 Å². The summed E-state index contributed by atoms with van der Waals surface area (Å²) in [7, 11) is 0. The third-order valence-electron chi connectivity index (χ3n) is 0. The first-order valence-corrected chi connectivity index (χ1v) is 0.428. The van der Waals surface area contributed by atoms with Crippen LogP contribution < -0.4 is 0 Å². The molecule has 0 aliphatic rings. The van der Waals surface area contributed by atoms with E-state index in [9.17, 15) is 0 Å². The molecule has 2 radical (unpaired) electrons. The summed E-state index contributed by atoms with van der Waals surface area (Å²) in [5.74, 6) is 0. The van der Waals surface area contributed by atoms with Gasteiger partial charge in [-0.2, -0.15) is 0 Å². The fourth-order valence-electron chi connectivity index (χ4n) is 0. The van der Waals surface area contributed by atoms with Crippen molar-refractivity contribution in [1.82, 2.24) is 0 Å². The molecule has 0 spiro atoms. The Kier molecular flexibility index (Phi) is 86.8. The SMILES string of the molecule is O=[C-]O.[Mn].[Mn]. The van der Waals surface area contributed by atoms with Crippen LogP contribution in [-0.2, 0) is 38.9 Å². The molecular weight excluding hydrogens is 154 g/mol. The molecular formula is CHMn2O2-. The van der Waals surface area contributed by atoms with E-state index in [1.54, 1.807) is 0 Å². The van der Waals surface area contributed by atoms with Crippen LogP contribution in [-0.4, -0.2) is 11.6 Å². The molecule has 0 aromatic carbocycles. The Morgan fingerprint density at radius 3 is 1.40 bits per heavy atom. The van der Waals surface area contributed by atoms with E-state index >= 15 is 0 Å². The van der Waals surface area contributed by atoms with Crippen LogP contribution in [0.5, 0.6) is 0 Å². The number of aliphatic hydroxyl groups excluding tert-OH is 1. The second-order valence-electron chi connectivity index (χ2n) is 0.0913. The summed E-state index contributed by atoms with van der Waals surface area (Å²) in [6.45, 7) is 0.500. The van der Waals surface area contributed by atoms with E-state index < -0.39 is 0 Å². The molecule has 0 amide bonds. The third kappa shape index (κ3) is 110. The molecule has 0 heterocycles. The molecule has 0 aliphatic heterocycles. The third-order valence-corrected chi connectivity index (χ3v) is 0. The van der Waals surface area contributed by atoms with Crippen LogP contribution in [0.2, 0.25) is 0 Å². The van der Waals surface area contributed by atoms with E-state index in [0.29, 0.717) is 6.47 Å². The van der Waals surface area contributed by atoms with Crippen molar-refractivity contribution in [3.8, 4) is 0 Å². The number of hydrogen-bond donors (Lipinski definition) is 1. The zero-order valence-electron chi connectivity index (χ0n) is 2.11. The molecule has 0 aliphatic carbocycles. The molecule has 0 aromatic rings. The second kappa shape index (κ2) is 24.4. The maximum absolute atomic E-state index is 8.24. The minimum Gasteiger partial charge on any atom is -0.665 e. The van der Waals surface area contributed by atoms with Gasteiger partial charge in [-0.25, -0.2) is 0 Å². The van der Waals surface area contributed by atoms with E-state index in [2.05, 4.69) is 0 Å². The molecule has 0 bridgehead atoms. The van der Waals surface area contributed by atoms with Crippen molar-refractivity contribution in [2.45, 2.75) is 0 Å². The predicted molar refractivity (Wildman–Crippen MR) is 8.32 cm³/mol. The molecule has 4 heteroatoms. The van der Waals surface area contributed by atoms with Crippen molar-refractivity contribution >= 4 is 6.47 Å². The average Bonchev–Trinajstić information content (AvgIpc) is 0.918. The predicted octanol–water partition coefficient (Wildman–Crippen LogP) is -0.393. The van der Waals surface area contributed by atoms with Crippen molar-refractivity contribution in [1.29, 1.82) is 0 Å². The average molecular weight is 155 g/mol. The second-order valence-corrected chi connectivity index (χ2v) is 0.0913. The molecule has 0 rings (SSSR count).